The van der Waals surface area contributed by atoms with Crippen molar-refractivity contribution in [1.82, 2.24) is 9.55 Å². The summed E-state index contributed by atoms with van der Waals surface area (Å²) in [5.74, 6) is 0.871. The Bertz CT molecular complexity index is 608. The van der Waals surface area contributed by atoms with Crippen LogP contribution in [0.25, 0.3) is 11.3 Å². The minimum absolute atomic E-state index is 0.568. The summed E-state index contributed by atoms with van der Waals surface area (Å²) in [6.45, 7) is 4.59. The molecular weight excluding hydrogens is 226 g/mol. The van der Waals surface area contributed by atoms with Gasteiger partial charge in [0.25, 0.3) is 0 Å². The number of aromatic nitrogens is 2. The second-order valence-electron chi connectivity index (χ2n) is 4.08. The molecule has 4 nitrogen and oxygen atoms in total. The summed E-state index contributed by atoms with van der Waals surface area (Å²) in [4.78, 5) is 4.27. The molecule has 0 radical (unpaired) electrons. The summed E-state index contributed by atoms with van der Waals surface area (Å²) in [7, 11) is 1.82. The number of ether oxygens (including phenoxy) is 1. The maximum atomic E-state index is 9.12. The number of hydrogen-bond donors (Lipinski definition) is 0. The van der Waals surface area contributed by atoms with Crippen LogP contribution < -0.4 is 4.74 Å². The summed E-state index contributed by atoms with van der Waals surface area (Å²) in [5.41, 5.74) is 3.27. The van der Waals surface area contributed by atoms with Crippen molar-refractivity contribution in [3.63, 3.8) is 0 Å². The van der Waals surface area contributed by atoms with Crippen molar-refractivity contribution in [1.29, 1.82) is 5.26 Å². The second-order valence-corrected chi connectivity index (χ2v) is 4.08. The standard InChI is InChI=1S/C14H15N3O/c1-4-18-13-6-5-11(7-10(13)2)14-12(8-15)17(3)9-16-14/h5-7,9H,4H2,1-3H3. The minimum atomic E-state index is 0.568. The summed E-state index contributed by atoms with van der Waals surface area (Å²) in [6.07, 6.45) is 1.65. The fourth-order valence-electron chi connectivity index (χ4n) is 1.89. The van der Waals surface area contributed by atoms with Gasteiger partial charge in [0.05, 0.1) is 12.9 Å². The molecule has 0 N–H and O–H groups in total. The van der Waals surface area contributed by atoms with Gasteiger partial charge in [0.1, 0.15) is 23.2 Å². The van der Waals surface area contributed by atoms with Gasteiger partial charge in [-0.05, 0) is 37.6 Å². The molecule has 0 aliphatic carbocycles. The van der Waals surface area contributed by atoms with E-state index in [4.69, 9.17) is 10.00 Å². The first kappa shape index (κ1) is 12.2. The van der Waals surface area contributed by atoms with Crippen LogP contribution in [0.15, 0.2) is 24.5 Å². The Hall–Kier alpha value is -2.28. The van der Waals surface area contributed by atoms with Crippen LogP contribution in [-0.2, 0) is 7.05 Å². The number of benzene rings is 1. The van der Waals surface area contributed by atoms with Gasteiger partial charge in [-0.25, -0.2) is 4.98 Å². The van der Waals surface area contributed by atoms with E-state index < -0.39 is 0 Å². The predicted octanol–water partition coefficient (Wildman–Crippen LogP) is 2.67. The van der Waals surface area contributed by atoms with Crippen molar-refractivity contribution in [3.8, 4) is 23.1 Å². The number of hydrogen-bond acceptors (Lipinski definition) is 3. The summed E-state index contributed by atoms with van der Waals surface area (Å²) in [5, 5.41) is 9.12. The molecule has 0 spiro atoms. The van der Waals surface area contributed by atoms with E-state index in [9.17, 15) is 0 Å². The van der Waals surface area contributed by atoms with Crippen molar-refractivity contribution >= 4 is 0 Å². The zero-order valence-corrected chi connectivity index (χ0v) is 10.8. The van der Waals surface area contributed by atoms with Crippen LogP contribution >= 0.6 is 0 Å². The molecule has 0 atom stereocenters. The highest BCUT2D eigenvalue weighted by molar-refractivity contribution is 5.66. The molecule has 0 saturated carbocycles. The lowest BCUT2D eigenvalue weighted by Crippen LogP contribution is -1.95. The van der Waals surface area contributed by atoms with Crippen LogP contribution in [0.4, 0.5) is 0 Å². The van der Waals surface area contributed by atoms with Crippen molar-refractivity contribution in [2.75, 3.05) is 6.61 Å². The van der Waals surface area contributed by atoms with E-state index in [-0.39, 0.29) is 0 Å². The van der Waals surface area contributed by atoms with E-state index >= 15 is 0 Å². The third-order valence-electron chi connectivity index (χ3n) is 2.79. The largest absolute Gasteiger partial charge is 0.494 e. The van der Waals surface area contributed by atoms with Crippen LogP contribution in [0.3, 0.4) is 0 Å². The zero-order valence-electron chi connectivity index (χ0n) is 10.8. The molecule has 0 aliphatic rings. The Morgan fingerprint density at radius 2 is 2.22 bits per heavy atom. The third-order valence-corrected chi connectivity index (χ3v) is 2.79. The summed E-state index contributed by atoms with van der Waals surface area (Å²) >= 11 is 0. The minimum Gasteiger partial charge on any atom is -0.494 e. The number of nitriles is 1. The second kappa shape index (κ2) is 4.92. The fourth-order valence-corrected chi connectivity index (χ4v) is 1.89. The fraction of sp³-hybridized carbons (Fsp3) is 0.286. The topological polar surface area (TPSA) is 50.8 Å². The lowest BCUT2D eigenvalue weighted by Gasteiger charge is -2.08. The Morgan fingerprint density at radius 3 is 2.83 bits per heavy atom. The Morgan fingerprint density at radius 1 is 1.44 bits per heavy atom. The van der Waals surface area contributed by atoms with E-state index in [0.717, 1.165) is 16.9 Å². The van der Waals surface area contributed by atoms with Gasteiger partial charge >= 0.3 is 0 Å². The van der Waals surface area contributed by atoms with E-state index in [1.165, 1.54) is 0 Å². The van der Waals surface area contributed by atoms with Gasteiger partial charge in [-0.2, -0.15) is 5.26 Å². The Labute approximate surface area is 106 Å². The van der Waals surface area contributed by atoms with Gasteiger partial charge in [0.15, 0.2) is 0 Å². The molecule has 0 aliphatic heterocycles. The number of nitrogens with zero attached hydrogens (tertiary/aromatic N) is 3. The van der Waals surface area contributed by atoms with Crippen molar-refractivity contribution in [2.45, 2.75) is 13.8 Å². The van der Waals surface area contributed by atoms with Gasteiger partial charge in [0, 0.05) is 12.6 Å². The number of imidazole rings is 1. The zero-order chi connectivity index (χ0) is 13.1. The molecule has 1 aromatic heterocycles. The molecule has 0 fully saturated rings. The molecule has 2 aromatic rings. The highest BCUT2D eigenvalue weighted by atomic mass is 16.5. The Kier molecular flexibility index (Phi) is 3.33. The highest BCUT2D eigenvalue weighted by Crippen LogP contribution is 2.27. The van der Waals surface area contributed by atoms with Gasteiger partial charge in [0.2, 0.25) is 0 Å². The van der Waals surface area contributed by atoms with E-state index in [1.54, 1.807) is 10.9 Å². The summed E-state index contributed by atoms with van der Waals surface area (Å²) in [6, 6.07) is 8.02. The lowest BCUT2D eigenvalue weighted by atomic mass is 10.1. The third kappa shape index (κ3) is 2.07. The first-order valence-electron chi connectivity index (χ1n) is 5.82. The molecule has 1 heterocycles. The molecule has 2 rings (SSSR count). The van der Waals surface area contributed by atoms with Gasteiger partial charge < -0.3 is 9.30 Å². The monoisotopic (exact) mass is 241 g/mol. The van der Waals surface area contributed by atoms with Gasteiger partial charge in [-0.1, -0.05) is 0 Å². The maximum absolute atomic E-state index is 9.12. The molecule has 0 amide bonds. The van der Waals surface area contributed by atoms with Crippen LogP contribution in [0.5, 0.6) is 5.75 Å². The molecule has 1 aromatic carbocycles. The highest BCUT2D eigenvalue weighted by Gasteiger charge is 2.11. The first-order chi connectivity index (χ1) is 8.67. The van der Waals surface area contributed by atoms with Crippen LogP contribution in [0.2, 0.25) is 0 Å². The lowest BCUT2D eigenvalue weighted by molar-refractivity contribution is 0.338. The average Bonchev–Trinajstić information content (AvgIpc) is 2.73. The average molecular weight is 241 g/mol. The quantitative estimate of drug-likeness (QED) is 0.830. The summed E-state index contributed by atoms with van der Waals surface area (Å²) < 4.78 is 7.22. The SMILES string of the molecule is CCOc1ccc(-c2ncn(C)c2C#N)cc1C. The molecule has 92 valence electrons. The number of rotatable bonds is 3. The van der Waals surface area contributed by atoms with Gasteiger partial charge in [-0.15, -0.1) is 0 Å². The van der Waals surface area contributed by atoms with E-state index in [2.05, 4.69) is 11.1 Å². The van der Waals surface area contributed by atoms with Gasteiger partial charge in [-0.3, -0.25) is 0 Å². The smallest absolute Gasteiger partial charge is 0.147 e. The predicted molar refractivity (Wildman–Crippen MR) is 69.3 cm³/mol. The normalized spacial score (nSPS) is 10.1. The molecule has 0 saturated heterocycles. The molecular formula is C14H15N3O. The van der Waals surface area contributed by atoms with Crippen LogP contribution in [-0.4, -0.2) is 16.2 Å². The van der Waals surface area contributed by atoms with Crippen LogP contribution in [0, 0.1) is 18.3 Å². The van der Waals surface area contributed by atoms with Crippen molar-refractivity contribution < 1.29 is 4.74 Å². The molecule has 0 bridgehead atoms. The first-order valence-corrected chi connectivity index (χ1v) is 5.82. The molecule has 18 heavy (non-hydrogen) atoms. The number of aryl methyl sites for hydroxylation is 2. The van der Waals surface area contributed by atoms with Crippen molar-refractivity contribution in [3.05, 3.63) is 35.8 Å². The molecule has 4 heteroatoms. The van der Waals surface area contributed by atoms with E-state index in [1.807, 2.05) is 39.1 Å². The Balaban J connectivity index is 2.46. The van der Waals surface area contributed by atoms with E-state index in [0.29, 0.717) is 18.0 Å². The maximum Gasteiger partial charge on any atom is 0.147 e. The molecule has 0 unspecified atom stereocenters. The van der Waals surface area contributed by atoms with Crippen molar-refractivity contribution in [2.24, 2.45) is 7.05 Å². The van der Waals surface area contributed by atoms with Crippen LogP contribution in [0.1, 0.15) is 18.2 Å².